The van der Waals surface area contributed by atoms with Crippen molar-refractivity contribution >= 4 is 0 Å². The number of hydrogen-bond acceptors (Lipinski definition) is 1. The first kappa shape index (κ1) is 20.3. The number of ether oxygens (including phenoxy) is 1. The van der Waals surface area contributed by atoms with Gasteiger partial charge in [-0.1, -0.05) is 64.7 Å². The summed E-state index contributed by atoms with van der Waals surface area (Å²) in [5, 5.41) is 0. The Morgan fingerprint density at radius 1 is 0.625 bits per heavy atom. The number of hydrogen-bond donors (Lipinski definition) is 0. The zero-order valence-corrected chi connectivity index (χ0v) is 16.7. The molecule has 142 valence electrons. The van der Waals surface area contributed by atoms with Gasteiger partial charge in [-0.25, -0.2) is 0 Å². The molecule has 0 aromatic carbocycles. The maximum Gasteiger partial charge on any atom is 0.0494 e. The molecule has 0 radical (unpaired) electrons. The zero-order chi connectivity index (χ0) is 17.0. The van der Waals surface area contributed by atoms with Crippen molar-refractivity contribution in [3.05, 3.63) is 0 Å². The van der Waals surface area contributed by atoms with Gasteiger partial charge in [0.2, 0.25) is 0 Å². The molecule has 2 aliphatic carbocycles. The van der Waals surface area contributed by atoms with E-state index in [1.54, 1.807) is 25.7 Å². The van der Waals surface area contributed by atoms with Gasteiger partial charge in [-0.3, -0.25) is 0 Å². The minimum atomic E-state index is 0.866. The highest BCUT2D eigenvalue weighted by molar-refractivity contribution is 4.82. The molecule has 0 N–H and O–H groups in total. The maximum atomic E-state index is 5.64. The molecule has 2 fully saturated rings. The molecule has 2 saturated carbocycles. The molecule has 24 heavy (non-hydrogen) atoms. The van der Waals surface area contributed by atoms with Crippen LogP contribution in [0.1, 0.15) is 110 Å². The van der Waals surface area contributed by atoms with Gasteiger partial charge in [0.25, 0.3) is 0 Å². The third-order valence-electron chi connectivity index (χ3n) is 6.97. The summed E-state index contributed by atoms with van der Waals surface area (Å²) in [6.07, 6.45) is 22.3. The smallest absolute Gasteiger partial charge is 0.0494 e. The van der Waals surface area contributed by atoms with Crippen molar-refractivity contribution in [3.63, 3.8) is 0 Å². The summed E-state index contributed by atoms with van der Waals surface area (Å²) in [6.45, 7) is 6.34. The van der Waals surface area contributed by atoms with Crippen molar-refractivity contribution in [2.75, 3.05) is 13.2 Å². The van der Waals surface area contributed by atoms with Gasteiger partial charge in [0, 0.05) is 13.2 Å². The van der Waals surface area contributed by atoms with Gasteiger partial charge in [0.05, 0.1) is 0 Å². The van der Waals surface area contributed by atoms with Crippen molar-refractivity contribution < 1.29 is 4.74 Å². The maximum absolute atomic E-state index is 5.64. The van der Waals surface area contributed by atoms with Crippen LogP contribution in [0.3, 0.4) is 0 Å². The van der Waals surface area contributed by atoms with Gasteiger partial charge in [-0.05, 0) is 69.1 Å². The van der Waals surface area contributed by atoms with E-state index in [0.717, 1.165) is 36.9 Å². The lowest BCUT2D eigenvalue weighted by atomic mass is 9.69. The van der Waals surface area contributed by atoms with Crippen LogP contribution in [0.15, 0.2) is 0 Å². The first-order valence-electron chi connectivity index (χ1n) is 11.4. The van der Waals surface area contributed by atoms with Crippen molar-refractivity contribution in [3.8, 4) is 0 Å². The van der Waals surface area contributed by atoms with E-state index < -0.39 is 0 Å². The molecule has 0 aromatic rings. The summed E-state index contributed by atoms with van der Waals surface area (Å²) in [7, 11) is 0. The second-order valence-corrected chi connectivity index (χ2v) is 8.78. The van der Waals surface area contributed by atoms with Crippen LogP contribution in [0.2, 0.25) is 0 Å². The number of unbranched alkanes of at least 4 members (excludes halogenated alkanes) is 5. The van der Waals surface area contributed by atoms with Crippen molar-refractivity contribution in [1.29, 1.82) is 0 Å². The van der Waals surface area contributed by atoms with Crippen LogP contribution in [0.4, 0.5) is 0 Å². The Morgan fingerprint density at radius 2 is 1.17 bits per heavy atom. The van der Waals surface area contributed by atoms with Gasteiger partial charge >= 0.3 is 0 Å². The van der Waals surface area contributed by atoms with Crippen molar-refractivity contribution in [2.24, 2.45) is 23.7 Å². The minimum Gasteiger partial charge on any atom is -0.381 e. The normalized spacial score (nSPS) is 31.2. The molecular weight excluding hydrogens is 292 g/mol. The molecule has 1 nitrogen and oxygen atoms in total. The first-order valence-corrected chi connectivity index (χ1v) is 11.4. The molecule has 0 spiro atoms. The van der Waals surface area contributed by atoms with E-state index in [4.69, 9.17) is 4.74 Å². The summed E-state index contributed by atoms with van der Waals surface area (Å²) in [5.41, 5.74) is 0. The molecular formula is C23H44O. The Bertz CT molecular complexity index is 284. The first-order chi connectivity index (χ1) is 11.8. The fourth-order valence-corrected chi connectivity index (χ4v) is 5.27. The van der Waals surface area contributed by atoms with Crippen molar-refractivity contribution in [1.82, 2.24) is 0 Å². The van der Waals surface area contributed by atoms with E-state index in [0.29, 0.717) is 0 Å². The lowest BCUT2D eigenvalue weighted by Crippen LogP contribution is -2.27. The van der Waals surface area contributed by atoms with Gasteiger partial charge < -0.3 is 4.74 Å². The Hall–Kier alpha value is -0.0400. The summed E-state index contributed by atoms with van der Waals surface area (Å²) in [6, 6.07) is 0. The SMILES string of the molecule is CCCCCCCCC1CCC(C2CCC(COCC)CC2)CC1. The third-order valence-corrected chi connectivity index (χ3v) is 6.97. The highest BCUT2D eigenvalue weighted by atomic mass is 16.5. The average molecular weight is 337 g/mol. The highest BCUT2D eigenvalue weighted by Gasteiger charge is 2.30. The van der Waals surface area contributed by atoms with E-state index in [-0.39, 0.29) is 0 Å². The lowest BCUT2D eigenvalue weighted by Gasteiger charge is -2.38. The molecule has 1 heteroatoms. The van der Waals surface area contributed by atoms with Gasteiger partial charge in [-0.15, -0.1) is 0 Å². The Labute approximate surface area is 152 Å². The summed E-state index contributed by atoms with van der Waals surface area (Å²) in [5.74, 6) is 4.06. The van der Waals surface area contributed by atoms with Crippen LogP contribution in [-0.4, -0.2) is 13.2 Å². The van der Waals surface area contributed by atoms with E-state index in [9.17, 15) is 0 Å². The molecule has 0 atom stereocenters. The topological polar surface area (TPSA) is 9.23 Å². The predicted octanol–water partition coefficient (Wildman–Crippen LogP) is 7.39. The molecule has 0 unspecified atom stereocenters. The second-order valence-electron chi connectivity index (χ2n) is 8.78. The van der Waals surface area contributed by atoms with E-state index >= 15 is 0 Å². The molecule has 0 bridgehead atoms. The summed E-state index contributed by atoms with van der Waals surface area (Å²) in [4.78, 5) is 0. The molecule has 0 saturated heterocycles. The molecule has 2 rings (SSSR count). The lowest BCUT2D eigenvalue weighted by molar-refractivity contribution is 0.0710. The Kier molecular flexibility index (Phi) is 10.4. The Morgan fingerprint density at radius 3 is 1.75 bits per heavy atom. The van der Waals surface area contributed by atoms with Crippen LogP contribution in [0.25, 0.3) is 0 Å². The molecule has 0 heterocycles. The van der Waals surface area contributed by atoms with Gasteiger partial charge in [-0.2, -0.15) is 0 Å². The van der Waals surface area contributed by atoms with Crippen LogP contribution >= 0.6 is 0 Å². The van der Waals surface area contributed by atoms with Crippen LogP contribution < -0.4 is 0 Å². The van der Waals surface area contributed by atoms with Crippen LogP contribution in [-0.2, 0) is 4.74 Å². The van der Waals surface area contributed by atoms with E-state index in [1.807, 2.05) is 0 Å². The van der Waals surface area contributed by atoms with Crippen LogP contribution in [0, 0.1) is 23.7 Å². The minimum absolute atomic E-state index is 0.866. The molecule has 2 aliphatic rings. The van der Waals surface area contributed by atoms with Gasteiger partial charge in [0.1, 0.15) is 0 Å². The molecule has 0 aliphatic heterocycles. The van der Waals surface area contributed by atoms with Crippen molar-refractivity contribution in [2.45, 2.75) is 110 Å². The van der Waals surface area contributed by atoms with Crippen LogP contribution in [0.5, 0.6) is 0 Å². The Balaban J connectivity index is 1.52. The quantitative estimate of drug-likeness (QED) is 0.357. The average Bonchev–Trinajstić information content (AvgIpc) is 2.64. The fraction of sp³-hybridized carbons (Fsp3) is 1.00. The summed E-state index contributed by atoms with van der Waals surface area (Å²) >= 11 is 0. The fourth-order valence-electron chi connectivity index (χ4n) is 5.27. The van der Waals surface area contributed by atoms with Gasteiger partial charge in [0.15, 0.2) is 0 Å². The second kappa shape index (κ2) is 12.3. The third kappa shape index (κ3) is 7.46. The molecule has 0 amide bonds. The zero-order valence-electron chi connectivity index (χ0n) is 16.7. The molecule has 0 aromatic heterocycles. The predicted molar refractivity (Wildman–Crippen MR) is 105 cm³/mol. The standard InChI is InChI=1S/C23H44O/c1-3-5-6-7-8-9-10-20-11-15-22(16-12-20)23-17-13-21(14-18-23)19-24-4-2/h20-23H,3-19H2,1-2H3. The highest BCUT2D eigenvalue weighted by Crippen LogP contribution is 2.42. The van der Waals surface area contributed by atoms with E-state index in [2.05, 4.69) is 13.8 Å². The monoisotopic (exact) mass is 336 g/mol. The van der Waals surface area contributed by atoms with E-state index in [1.165, 1.54) is 70.6 Å². The number of rotatable bonds is 11. The largest absolute Gasteiger partial charge is 0.381 e. The summed E-state index contributed by atoms with van der Waals surface area (Å²) < 4.78 is 5.64.